The van der Waals surface area contributed by atoms with Crippen LogP contribution in [0.15, 0.2) is 64.8 Å². The molecule has 112 valence electrons. The molecule has 1 atom stereocenters. The lowest BCUT2D eigenvalue weighted by Gasteiger charge is -2.23. The lowest BCUT2D eigenvalue weighted by atomic mass is 9.85. The third-order valence-corrected chi connectivity index (χ3v) is 4.45. The molecule has 1 aliphatic rings. The van der Waals surface area contributed by atoms with E-state index in [1.807, 2.05) is 24.3 Å². The van der Waals surface area contributed by atoms with Crippen molar-refractivity contribution in [1.82, 2.24) is 0 Å². The van der Waals surface area contributed by atoms with E-state index in [0.29, 0.717) is 6.42 Å². The summed E-state index contributed by atoms with van der Waals surface area (Å²) >= 11 is 3.49. The highest BCUT2D eigenvalue weighted by atomic mass is 79.9. The van der Waals surface area contributed by atoms with Crippen molar-refractivity contribution in [3.63, 3.8) is 0 Å². The third kappa shape index (κ3) is 3.45. The van der Waals surface area contributed by atoms with Gasteiger partial charge in [-0.1, -0.05) is 24.3 Å². The highest BCUT2D eigenvalue weighted by Crippen LogP contribution is 2.33. The summed E-state index contributed by atoms with van der Waals surface area (Å²) in [7, 11) is 0. The Balaban J connectivity index is 1.80. The minimum atomic E-state index is -0.256. The van der Waals surface area contributed by atoms with E-state index in [9.17, 15) is 9.18 Å². The van der Waals surface area contributed by atoms with Gasteiger partial charge in [-0.3, -0.25) is 4.79 Å². The second-order valence-electron chi connectivity index (χ2n) is 5.40. The van der Waals surface area contributed by atoms with Crippen LogP contribution in [0.2, 0.25) is 0 Å². The van der Waals surface area contributed by atoms with Gasteiger partial charge in [0.2, 0.25) is 0 Å². The summed E-state index contributed by atoms with van der Waals surface area (Å²) in [5, 5.41) is 3.31. The monoisotopic (exact) mass is 359 g/mol. The van der Waals surface area contributed by atoms with Crippen LogP contribution in [0.3, 0.4) is 0 Å². The highest BCUT2D eigenvalue weighted by molar-refractivity contribution is 9.10. The number of rotatable bonds is 3. The van der Waals surface area contributed by atoms with Crippen LogP contribution in [-0.4, -0.2) is 5.78 Å². The molecule has 3 rings (SSSR count). The van der Waals surface area contributed by atoms with Crippen molar-refractivity contribution in [3.05, 3.63) is 76.2 Å². The number of carbonyl (C=O) groups excluding carboxylic acids is 1. The normalized spacial score (nSPS) is 18.0. The Kier molecular flexibility index (Phi) is 4.39. The summed E-state index contributed by atoms with van der Waals surface area (Å²) in [6.45, 7) is 0. The van der Waals surface area contributed by atoms with Crippen LogP contribution in [0.25, 0.3) is 0 Å². The van der Waals surface area contributed by atoms with E-state index in [-0.39, 0.29) is 17.5 Å². The van der Waals surface area contributed by atoms with Crippen molar-refractivity contribution in [2.24, 2.45) is 0 Å². The van der Waals surface area contributed by atoms with Crippen molar-refractivity contribution in [3.8, 4) is 0 Å². The SMILES string of the molecule is O=C1C=C(Nc2ccccc2Br)CC(c2ccc(F)cc2)C1. The first-order chi connectivity index (χ1) is 10.6. The van der Waals surface area contributed by atoms with Crippen LogP contribution in [0.4, 0.5) is 10.1 Å². The fraction of sp³-hybridized carbons (Fsp3) is 0.167. The Labute approximate surface area is 137 Å². The molecule has 0 amide bonds. The number of hydrogen-bond acceptors (Lipinski definition) is 2. The van der Waals surface area contributed by atoms with Crippen molar-refractivity contribution >= 4 is 27.4 Å². The molecule has 1 N–H and O–H groups in total. The van der Waals surface area contributed by atoms with E-state index in [4.69, 9.17) is 0 Å². The minimum absolute atomic E-state index is 0.0862. The Bertz CT molecular complexity index is 724. The van der Waals surface area contributed by atoms with Gasteiger partial charge in [0.1, 0.15) is 5.82 Å². The molecular formula is C18H15BrFNO. The summed E-state index contributed by atoms with van der Waals surface area (Å²) in [4.78, 5) is 12.0. The predicted molar refractivity (Wildman–Crippen MR) is 89.2 cm³/mol. The molecule has 22 heavy (non-hydrogen) atoms. The molecule has 0 heterocycles. The molecule has 0 radical (unpaired) electrons. The number of halogens is 2. The minimum Gasteiger partial charge on any atom is -0.358 e. The lowest BCUT2D eigenvalue weighted by Crippen LogP contribution is -2.16. The van der Waals surface area contributed by atoms with Gasteiger partial charge in [-0.05, 0) is 58.1 Å². The van der Waals surface area contributed by atoms with Gasteiger partial charge in [0, 0.05) is 22.7 Å². The van der Waals surface area contributed by atoms with Gasteiger partial charge >= 0.3 is 0 Å². The van der Waals surface area contributed by atoms with Crippen molar-refractivity contribution < 1.29 is 9.18 Å². The van der Waals surface area contributed by atoms with E-state index >= 15 is 0 Å². The molecule has 0 aliphatic heterocycles. The van der Waals surface area contributed by atoms with Gasteiger partial charge in [0.25, 0.3) is 0 Å². The van der Waals surface area contributed by atoms with Crippen molar-refractivity contribution in [1.29, 1.82) is 0 Å². The fourth-order valence-electron chi connectivity index (χ4n) is 2.69. The summed E-state index contributed by atoms with van der Waals surface area (Å²) in [6.07, 6.45) is 2.87. The number of ketones is 1. The van der Waals surface area contributed by atoms with E-state index in [1.165, 1.54) is 12.1 Å². The number of anilines is 1. The third-order valence-electron chi connectivity index (χ3n) is 3.76. The van der Waals surface area contributed by atoms with Gasteiger partial charge in [0.05, 0.1) is 5.69 Å². The average molecular weight is 360 g/mol. The summed E-state index contributed by atoms with van der Waals surface area (Å²) < 4.78 is 14.0. The molecule has 2 aromatic rings. The Morgan fingerprint density at radius 3 is 2.50 bits per heavy atom. The van der Waals surface area contributed by atoms with E-state index in [0.717, 1.165) is 27.8 Å². The Morgan fingerprint density at radius 1 is 1.05 bits per heavy atom. The zero-order valence-electron chi connectivity index (χ0n) is 11.9. The highest BCUT2D eigenvalue weighted by Gasteiger charge is 2.22. The molecule has 0 saturated carbocycles. The van der Waals surface area contributed by atoms with Gasteiger partial charge in [-0.15, -0.1) is 0 Å². The van der Waals surface area contributed by atoms with Gasteiger partial charge in [-0.2, -0.15) is 0 Å². The maximum Gasteiger partial charge on any atom is 0.158 e. The van der Waals surface area contributed by atoms with Crippen LogP contribution in [0, 0.1) is 5.82 Å². The van der Waals surface area contributed by atoms with Gasteiger partial charge < -0.3 is 5.32 Å². The molecule has 0 bridgehead atoms. The molecule has 2 nitrogen and oxygen atoms in total. The van der Waals surface area contributed by atoms with Crippen LogP contribution in [0.5, 0.6) is 0 Å². The van der Waals surface area contributed by atoms with Gasteiger partial charge in [-0.25, -0.2) is 4.39 Å². The Hall–Kier alpha value is -1.94. The predicted octanol–water partition coefficient (Wildman–Crippen LogP) is 5.03. The zero-order chi connectivity index (χ0) is 15.5. The first kappa shape index (κ1) is 15.0. The molecule has 0 saturated heterocycles. The molecule has 4 heteroatoms. The van der Waals surface area contributed by atoms with E-state index < -0.39 is 0 Å². The maximum atomic E-state index is 13.0. The molecule has 1 aliphatic carbocycles. The largest absolute Gasteiger partial charge is 0.358 e. The number of para-hydroxylation sites is 1. The fourth-order valence-corrected chi connectivity index (χ4v) is 3.07. The van der Waals surface area contributed by atoms with Crippen molar-refractivity contribution in [2.45, 2.75) is 18.8 Å². The van der Waals surface area contributed by atoms with Gasteiger partial charge in [0.15, 0.2) is 5.78 Å². The van der Waals surface area contributed by atoms with Crippen LogP contribution in [0.1, 0.15) is 24.3 Å². The van der Waals surface area contributed by atoms with Crippen molar-refractivity contribution in [2.75, 3.05) is 5.32 Å². The van der Waals surface area contributed by atoms with E-state index in [2.05, 4.69) is 21.2 Å². The number of nitrogens with one attached hydrogen (secondary N) is 1. The topological polar surface area (TPSA) is 29.1 Å². The average Bonchev–Trinajstić information content (AvgIpc) is 2.50. The number of allylic oxidation sites excluding steroid dienone is 2. The second kappa shape index (κ2) is 6.44. The first-order valence-electron chi connectivity index (χ1n) is 7.12. The molecule has 1 unspecified atom stereocenters. The smallest absolute Gasteiger partial charge is 0.158 e. The van der Waals surface area contributed by atoms with Crippen LogP contribution < -0.4 is 5.32 Å². The maximum absolute atomic E-state index is 13.0. The summed E-state index contributed by atoms with van der Waals surface area (Å²) in [5.41, 5.74) is 2.81. The number of benzene rings is 2. The second-order valence-corrected chi connectivity index (χ2v) is 6.25. The Morgan fingerprint density at radius 2 is 1.77 bits per heavy atom. The quantitative estimate of drug-likeness (QED) is 0.832. The number of carbonyl (C=O) groups is 1. The molecular weight excluding hydrogens is 345 g/mol. The molecule has 0 spiro atoms. The van der Waals surface area contributed by atoms with E-state index in [1.54, 1.807) is 18.2 Å². The number of hydrogen-bond donors (Lipinski definition) is 1. The van der Waals surface area contributed by atoms with Crippen LogP contribution in [-0.2, 0) is 4.79 Å². The standard InChI is InChI=1S/C18H15BrFNO/c19-17-3-1-2-4-18(17)21-15-9-13(10-16(22)11-15)12-5-7-14(20)8-6-12/h1-8,11,13,21H,9-10H2. The summed E-state index contributed by atoms with van der Waals surface area (Å²) in [5.74, 6) is -0.0776. The zero-order valence-corrected chi connectivity index (χ0v) is 13.4. The summed E-state index contributed by atoms with van der Waals surface area (Å²) in [6, 6.07) is 14.2. The first-order valence-corrected chi connectivity index (χ1v) is 7.91. The molecule has 0 aromatic heterocycles. The lowest BCUT2D eigenvalue weighted by molar-refractivity contribution is -0.115. The molecule has 0 fully saturated rings. The molecule has 2 aromatic carbocycles. The van der Waals surface area contributed by atoms with Crippen LogP contribution >= 0.6 is 15.9 Å².